The van der Waals surface area contributed by atoms with E-state index in [0.29, 0.717) is 0 Å². The quantitative estimate of drug-likeness (QED) is 0.551. The van der Waals surface area contributed by atoms with Crippen molar-refractivity contribution in [2.75, 3.05) is 14.2 Å². The predicted molar refractivity (Wildman–Crippen MR) is 52.6 cm³/mol. The molecule has 0 radical (unpaired) electrons. The van der Waals surface area contributed by atoms with Crippen LogP contribution in [0, 0.1) is 0 Å². The Morgan fingerprint density at radius 2 is 1.40 bits per heavy atom. The van der Waals surface area contributed by atoms with E-state index in [1.807, 2.05) is 0 Å². The summed E-state index contributed by atoms with van der Waals surface area (Å²) >= 11 is 0. The Kier molecular flexibility index (Phi) is 5.55. The number of carbonyl (C=O) groups excluding carboxylic acids is 2. The van der Waals surface area contributed by atoms with Crippen LogP contribution in [-0.4, -0.2) is 26.2 Å². The zero-order valence-corrected chi connectivity index (χ0v) is 8.61. The highest BCUT2D eigenvalue weighted by Gasteiger charge is 2.15. The van der Waals surface area contributed by atoms with Crippen LogP contribution in [0.4, 0.5) is 0 Å². The minimum atomic E-state index is -0.629. The summed E-state index contributed by atoms with van der Waals surface area (Å²) in [5.74, 6) is -1.31. The number of rotatable bonds is 2. The number of esters is 2. The molecule has 0 aliphatic rings. The second kappa shape index (κ2) is 6.42. The minimum Gasteiger partial charge on any atom is -0.463 e. The molecule has 0 saturated heterocycles. The molecule has 0 saturated carbocycles. The van der Waals surface area contributed by atoms with E-state index in [-0.39, 0.29) is 11.5 Å². The summed E-state index contributed by atoms with van der Waals surface area (Å²) in [6.07, 6.45) is 0. The Morgan fingerprint density at radius 3 is 1.67 bits per heavy atom. The molecule has 0 unspecified atom stereocenters. The molecule has 1 aromatic rings. The largest absolute Gasteiger partial charge is 0.463 e. The molecule has 15 heavy (non-hydrogen) atoms. The van der Waals surface area contributed by atoms with E-state index in [2.05, 4.69) is 22.6 Å². The molecular weight excluding hydrogens is 200 g/mol. The molecule has 0 aromatic carbocycles. The van der Waals surface area contributed by atoms with Gasteiger partial charge in [0.1, 0.15) is 0 Å². The van der Waals surface area contributed by atoms with Gasteiger partial charge in [0.25, 0.3) is 0 Å². The number of hydrogen-bond donors (Lipinski definition) is 0. The average Bonchev–Trinajstić information content (AvgIpc) is 2.79. The first-order valence-corrected chi connectivity index (χ1v) is 3.95. The highest BCUT2D eigenvalue weighted by atomic mass is 16.5. The van der Waals surface area contributed by atoms with E-state index in [1.165, 1.54) is 26.4 Å². The monoisotopic (exact) mass is 212 g/mol. The lowest BCUT2D eigenvalue weighted by molar-refractivity contribution is 0.0531. The SMILES string of the molecule is C=C.COC(=O)c1ccc(C(=O)OC)o1. The number of ether oxygens (including phenoxy) is 2. The second-order valence-electron chi connectivity index (χ2n) is 2.15. The van der Waals surface area contributed by atoms with Crippen LogP contribution < -0.4 is 0 Å². The van der Waals surface area contributed by atoms with E-state index >= 15 is 0 Å². The van der Waals surface area contributed by atoms with Crippen molar-refractivity contribution in [1.29, 1.82) is 0 Å². The van der Waals surface area contributed by atoms with Gasteiger partial charge in [-0.15, -0.1) is 13.2 Å². The van der Waals surface area contributed by atoms with Gasteiger partial charge in [0.15, 0.2) is 0 Å². The molecule has 0 atom stereocenters. The smallest absolute Gasteiger partial charge is 0.373 e. The molecule has 1 heterocycles. The van der Waals surface area contributed by atoms with Crippen molar-refractivity contribution in [2.24, 2.45) is 0 Å². The van der Waals surface area contributed by atoms with Crippen LogP contribution in [0.5, 0.6) is 0 Å². The van der Waals surface area contributed by atoms with E-state index in [4.69, 9.17) is 4.42 Å². The fourth-order valence-electron chi connectivity index (χ4n) is 0.758. The highest BCUT2D eigenvalue weighted by Crippen LogP contribution is 2.09. The lowest BCUT2D eigenvalue weighted by Gasteiger charge is -1.93. The topological polar surface area (TPSA) is 65.7 Å². The molecule has 0 aliphatic carbocycles. The van der Waals surface area contributed by atoms with Gasteiger partial charge in [0, 0.05) is 0 Å². The third-order valence-corrected chi connectivity index (χ3v) is 1.38. The highest BCUT2D eigenvalue weighted by molar-refractivity contribution is 5.90. The Labute approximate surface area is 87.3 Å². The Morgan fingerprint density at radius 1 is 1.07 bits per heavy atom. The van der Waals surface area contributed by atoms with E-state index in [1.54, 1.807) is 0 Å². The van der Waals surface area contributed by atoms with Crippen molar-refractivity contribution in [2.45, 2.75) is 0 Å². The third kappa shape index (κ3) is 3.30. The third-order valence-electron chi connectivity index (χ3n) is 1.38. The fraction of sp³-hybridized carbons (Fsp3) is 0.200. The molecule has 0 fully saturated rings. The van der Waals surface area contributed by atoms with Gasteiger partial charge in [-0.2, -0.15) is 0 Å². The van der Waals surface area contributed by atoms with Gasteiger partial charge >= 0.3 is 11.9 Å². The van der Waals surface area contributed by atoms with Crippen molar-refractivity contribution in [1.82, 2.24) is 0 Å². The second-order valence-corrected chi connectivity index (χ2v) is 2.15. The van der Waals surface area contributed by atoms with Gasteiger partial charge in [0.2, 0.25) is 11.5 Å². The van der Waals surface area contributed by atoms with Gasteiger partial charge in [-0.3, -0.25) is 0 Å². The number of hydrogen-bond acceptors (Lipinski definition) is 5. The Balaban J connectivity index is 0.000000921. The van der Waals surface area contributed by atoms with Crippen LogP contribution in [-0.2, 0) is 9.47 Å². The lowest BCUT2D eigenvalue weighted by Crippen LogP contribution is -2.00. The molecule has 5 nitrogen and oxygen atoms in total. The number of furan rings is 1. The summed E-state index contributed by atoms with van der Waals surface area (Å²) in [5, 5.41) is 0. The maximum absolute atomic E-state index is 10.9. The van der Waals surface area contributed by atoms with Gasteiger partial charge in [-0.05, 0) is 12.1 Å². The first kappa shape index (κ1) is 13.0. The fourth-order valence-corrected chi connectivity index (χ4v) is 0.758. The summed E-state index contributed by atoms with van der Waals surface area (Å²) in [7, 11) is 2.45. The molecule has 5 heteroatoms. The molecule has 0 amide bonds. The number of carbonyl (C=O) groups is 2. The molecule has 0 N–H and O–H groups in total. The molecular formula is C10H12O5. The summed E-state index contributed by atoms with van der Waals surface area (Å²) in [6, 6.07) is 2.69. The minimum absolute atomic E-state index is 0.0251. The maximum Gasteiger partial charge on any atom is 0.373 e. The summed E-state index contributed by atoms with van der Waals surface area (Å²) < 4.78 is 13.6. The number of methoxy groups -OCH3 is 2. The average molecular weight is 212 g/mol. The van der Waals surface area contributed by atoms with Crippen molar-refractivity contribution in [3.05, 3.63) is 36.8 Å². The molecule has 1 rings (SSSR count). The van der Waals surface area contributed by atoms with Gasteiger partial charge in [0.05, 0.1) is 14.2 Å². The van der Waals surface area contributed by atoms with E-state index < -0.39 is 11.9 Å². The predicted octanol–water partition coefficient (Wildman–Crippen LogP) is 1.66. The molecule has 1 aromatic heterocycles. The van der Waals surface area contributed by atoms with Gasteiger partial charge in [-0.25, -0.2) is 9.59 Å². The first-order valence-electron chi connectivity index (χ1n) is 3.95. The van der Waals surface area contributed by atoms with Crippen molar-refractivity contribution >= 4 is 11.9 Å². The van der Waals surface area contributed by atoms with Crippen molar-refractivity contribution in [3.8, 4) is 0 Å². The van der Waals surface area contributed by atoms with Crippen molar-refractivity contribution < 1.29 is 23.5 Å². The lowest BCUT2D eigenvalue weighted by atomic mass is 10.4. The van der Waals surface area contributed by atoms with Crippen molar-refractivity contribution in [3.63, 3.8) is 0 Å². The van der Waals surface area contributed by atoms with Gasteiger partial charge < -0.3 is 13.9 Å². The summed E-state index contributed by atoms with van der Waals surface area (Å²) in [4.78, 5) is 21.7. The summed E-state index contributed by atoms with van der Waals surface area (Å²) in [5.41, 5.74) is 0. The molecule has 0 spiro atoms. The normalized spacial score (nSPS) is 8.40. The molecule has 82 valence electrons. The van der Waals surface area contributed by atoms with Crippen LogP contribution in [0.25, 0.3) is 0 Å². The van der Waals surface area contributed by atoms with Crippen LogP contribution in [0.15, 0.2) is 29.7 Å². The van der Waals surface area contributed by atoms with Crippen LogP contribution in [0.1, 0.15) is 21.1 Å². The zero-order valence-electron chi connectivity index (χ0n) is 8.61. The first-order chi connectivity index (χ1) is 7.19. The van der Waals surface area contributed by atoms with E-state index in [9.17, 15) is 9.59 Å². The zero-order chi connectivity index (χ0) is 11.8. The molecule has 0 bridgehead atoms. The van der Waals surface area contributed by atoms with Crippen LogP contribution in [0.2, 0.25) is 0 Å². The van der Waals surface area contributed by atoms with Crippen LogP contribution >= 0.6 is 0 Å². The van der Waals surface area contributed by atoms with Gasteiger partial charge in [-0.1, -0.05) is 0 Å². The van der Waals surface area contributed by atoms with E-state index in [0.717, 1.165) is 0 Å². The summed E-state index contributed by atoms with van der Waals surface area (Å²) in [6.45, 7) is 6.00. The molecule has 0 aliphatic heterocycles. The Hall–Kier alpha value is -2.04. The Bertz CT molecular complexity index is 309. The van der Waals surface area contributed by atoms with Crippen LogP contribution in [0.3, 0.4) is 0 Å². The standard InChI is InChI=1S/C8H8O5.C2H4/c1-11-7(9)5-3-4-6(13-5)8(10)12-2;1-2/h3-4H,1-2H3;1-2H2. The maximum atomic E-state index is 10.9.